The predicted molar refractivity (Wildman–Crippen MR) is 66.9 cm³/mol. The van der Waals surface area contributed by atoms with Crippen LogP contribution in [0.4, 0.5) is 0 Å². The number of benzene rings is 1. The van der Waals surface area contributed by atoms with Crippen LogP contribution in [0.1, 0.15) is 12.5 Å². The molecule has 0 aliphatic rings. The molecule has 2 rings (SSSR count). The average Bonchev–Trinajstić information content (AvgIpc) is 2.77. The minimum atomic E-state index is -1.05. The summed E-state index contributed by atoms with van der Waals surface area (Å²) in [4.78, 5) is 21.4. The molecular weight excluding hydrogens is 250 g/mol. The number of nitrogens with one attached hydrogen (secondary N) is 1. The number of hydrogen-bond acceptors (Lipinski definition) is 4. The van der Waals surface area contributed by atoms with Crippen LogP contribution in [0, 0.1) is 0 Å². The maximum absolute atomic E-state index is 10.9. The molecule has 6 heteroatoms. The highest BCUT2D eigenvalue weighted by atomic mass is 16.5. The van der Waals surface area contributed by atoms with Crippen molar-refractivity contribution < 1.29 is 23.8 Å². The lowest BCUT2D eigenvalue weighted by Crippen LogP contribution is -2.18. The fourth-order valence-corrected chi connectivity index (χ4v) is 1.69. The molecule has 1 aromatic heterocycles. The second-order valence-corrected chi connectivity index (χ2v) is 3.99. The van der Waals surface area contributed by atoms with Crippen molar-refractivity contribution in [2.75, 3.05) is 6.61 Å². The Bertz CT molecular complexity index is 617. The lowest BCUT2D eigenvalue weighted by Gasteiger charge is -2.04. The molecule has 6 nitrogen and oxygen atoms in total. The quantitative estimate of drug-likeness (QED) is 0.854. The monoisotopic (exact) mass is 263 g/mol. The van der Waals surface area contributed by atoms with Gasteiger partial charge in [0.15, 0.2) is 17.9 Å². The van der Waals surface area contributed by atoms with E-state index in [1.54, 1.807) is 12.1 Å². The summed E-state index contributed by atoms with van der Waals surface area (Å²) in [7, 11) is 0. The Balaban J connectivity index is 2.26. The number of fused-ring (bicyclic) bond motifs is 1. The summed E-state index contributed by atoms with van der Waals surface area (Å²) in [5.74, 6) is -0.816. The zero-order chi connectivity index (χ0) is 13.8. The highest BCUT2D eigenvalue weighted by molar-refractivity contribution is 5.87. The second kappa shape index (κ2) is 5.43. The molecule has 0 bridgehead atoms. The van der Waals surface area contributed by atoms with Gasteiger partial charge < -0.3 is 19.6 Å². The van der Waals surface area contributed by atoms with Crippen molar-refractivity contribution in [2.24, 2.45) is 0 Å². The van der Waals surface area contributed by atoms with Crippen LogP contribution in [0.5, 0.6) is 5.75 Å². The van der Waals surface area contributed by atoms with Gasteiger partial charge in [-0.3, -0.25) is 4.79 Å². The lowest BCUT2D eigenvalue weighted by molar-refractivity contribution is -0.139. The molecule has 2 N–H and O–H groups in total. The van der Waals surface area contributed by atoms with E-state index in [4.69, 9.17) is 14.3 Å². The van der Waals surface area contributed by atoms with Gasteiger partial charge in [-0.05, 0) is 6.07 Å². The van der Waals surface area contributed by atoms with Crippen molar-refractivity contribution in [1.29, 1.82) is 0 Å². The topological polar surface area (TPSA) is 88.8 Å². The summed E-state index contributed by atoms with van der Waals surface area (Å²) in [6.07, 6.45) is 1.52. The second-order valence-electron chi connectivity index (χ2n) is 3.99. The molecule has 0 spiro atoms. The number of para-hydroxylation sites is 1. The van der Waals surface area contributed by atoms with Crippen molar-refractivity contribution in [3.05, 3.63) is 30.0 Å². The Kier molecular flexibility index (Phi) is 3.70. The Morgan fingerprint density at radius 1 is 1.42 bits per heavy atom. The van der Waals surface area contributed by atoms with E-state index < -0.39 is 12.6 Å². The first-order chi connectivity index (χ1) is 9.08. The number of carbonyl (C=O) groups excluding carboxylic acids is 1. The summed E-state index contributed by atoms with van der Waals surface area (Å²) >= 11 is 0. The lowest BCUT2D eigenvalue weighted by atomic mass is 10.1. The van der Waals surface area contributed by atoms with Crippen LogP contribution < -0.4 is 10.1 Å². The van der Waals surface area contributed by atoms with Crippen molar-refractivity contribution in [3.8, 4) is 5.75 Å². The summed E-state index contributed by atoms with van der Waals surface area (Å²) in [5, 5.41) is 12.1. The summed E-state index contributed by atoms with van der Waals surface area (Å²) in [5.41, 5.74) is 1.29. The first kappa shape index (κ1) is 12.9. The third-order valence-corrected chi connectivity index (χ3v) is 2.52. The number of carbonyl (C=O) groups is 2. The molecule has 0 aliphatic heterocycles. The fraction of sp³-hybridized carbons (Fsp3) is 0.231. The number of amides is 1. The van der Waals surface area contributed by atoms with Crippen LogP contribution in [0.15, 0.2) is 28.9 Å². The van der Waals surface area contributed by atoms with Gasteiger partial charge in [-0.1, -0.05) is 12.1 Å². The van der Waals surface area contributed by atoms with Gasteiger partial charge in [0.2, 0.25) is 5.91 Å². The van der Waals surface area contributed by atoms with E-state index in [1.165, 1.54) is 13.2 Å². The number of carboxylic acid groups (broad SMARTS) is 1. The molecule has 0 radical (unpaired) electrons. The van der Waals surface area contributed by atoms with E-state index in [0.717, 1.165) is 10.9 Å². The molecule has 100 valence electrons. The van der Waals surface area contributed by atoms with Crippen molar-refractivity contribution in [3.63, 3.8) is 0 Å². The molecule has 1 heterocycles. The number of hydrogen-bond donors (Lipinski definition) is 2. The fourth-order valence-electron chi connectivity index (χ4n) is 1.69. The molecule has 19 heavy (non-hydrogen) atoms. The molecule has 0 aliphatic carbocycles. The number of rotatable bonds is 5. The van der Waals surface area contributed by atoms with E-state index in [2.05, 4.69) is 5.32 Å². The number of carboxylic acids is 1. The summed E-state index contributed by atoms with van der Waals surface area (Å²) in [6.45, 7) is 1.36. The zero-order valence-corrected chi connectivity index (χ0v) is 10.3. The first-order valence-electron chi connectivity index (χ1n) is 5.66. The minimum Gasteiger partial charge on any atom is -0.479 e. The van der Waals surface area contributed by atoms with Gasteiger partial charge in [0, 0.05) is 24.4 Å². The van der Waals surface area contributed by atoms with E-state index in [1.807, 2.05) is 6.07 Å². The SMILES string of the molecule is CC(=O)NCc1coc2c(OCC(=O)O)cccc12. The Labute approximate surface area is 109 Å². The molecule has 0 unspecified atom stereocenters. The molecule has 0 saturated carbocycles. The van der Waals surface area contributed by atoms with Gasteiger partial charge in [-0.15, -0.1) is 0 Å². The van der Waals surface area contributed by atoms with Crippen LogP contribution in [0.25, 0.3) is 11.0 Å². The largest absolute Gasteiger partial charge is 0.479 e. The van der Waals surface area contributed by atoms with Crippen LogP contribution >= 0.6 is 0 Å². The Morgan fingerprint density at radius 2 is 2.21 bits per heavy atom. The van der Waals surface area contributed by atoms with Crippen LogP contribution in [0.3, 0.4) is 0 Å². The van der Waals surface area contributed by atoms with Crippen molar-refractivity contribution in [1.82, 2.24) is 5.32 Å². The number of furan rings is 1. The molecule has 0 fully saturated rings. The molecule has 2 aromatic rings. The molecule has 0 atom stereocenters. The number of aliphatic carboxylic acids is 1. The van der Waals surface area contributed by atoms with Crippen LogP contribution in [0.2, 0.25) is 0 Å². The maximum Gasteiger partial charge on any atom is 0.341 e. The predicted octanol–water partition coefficient (Wildman–Crippen LogP) is 1.53. The van der Waals surface area contributed by atoms with E-state index >= 15 is 0 Å². The molecule has 1 aromatic carbocycles. The van der Waals surface area contributed by atoms with Gasteiger partial charge in [0.1, 0.15) is 0 Å². The van der Waals surface area contributed by atoms with Gasteiger partial charge >= 0.3 is 5.97 Å². The van der Waals surface area contributed by atoms with Gasteiger partial charge in [0.25, 0.3) is 0 Å². The van der Waals surface area contributed by atoms with Gasteiger partial charge in [0.05, 0.1) is 6.26 Å². The molecular formula is C13H13NO5. The van der Waals surface area contributed by atoms with Crippen molar-refractivity contribution >= 4 is 22.8 Å². The van der Waals surface area contributed by atoms with Crippen LogP contribution in [-0.4, -0.2) is 23.6 Å². The summed E-state index contributed by atoms with van der Waals surface area (Å²) < 4.78 is 10.5. The Hall–Kier alpha value is -2.50. The highest BCUT2D eigenvalue weighted by Crippen LogP contribution is 2.29. The third kappa shape index (κ3) is 3.04. The number of ether oxygens (including phenoxy) is 1. The van der Waals surface area contributed by atoms with E-state index in [0.29, 0.717) is 17.9 Å². The maximum atomic E-state index is 10.9. The molecule has 1 amide bonds. The van der Waals surface area contributed by atoms with Gasteiger partial charge in [-0.25, -0.2) is 4.79 Å². The highest BCUT2D eigenvalue weighted by Gasteiger charge is 2.11. The zero-order valence-electron chi connectivity index (χ0n) is 10.3. The smallest absolute Gasteiger partial charge is 0.341 e. The normalized spacial score (nSPS) is 10.4. The van der Waals surface area contributed by atoms with Crippen molar-refractivity contribution in [2.45, 2.75) is 13.5 Å². The minimum absolute atomic E-state index is 0.132. The van der Waals surface area contributed by atoms with Gasteiger partial charge in [-0.2, -0.15) is 0 Å². The van der Waals surface area contributed by atoms with E-state index in [-0.39, 0.29) is 5.91 Å². The van der Waals surface area contributed by atoms with E-state index in [9.17, 15) is 9.59 Å². The first-order valence-corrected chi connectivity index (χ1v) is 5.66. The third-order valence-electron chi connectivity index (χ3n) is 2.52. The molecule has 0 saturated heterocycles. The van der Waals surface area contributed by atoms with Crippen LogP contribution in [-0.2, 0) is 16.1 Å². The Morgan fingerprint density at radius 3 is 2.89 bits per heavy atom. The average molecular weight is 263 g/mol. The summed E-state index contributed by atoms with van der Waals surface area (Å²) in [6, 6.07) is 5.20. The standard InChI is InChI=1S/C13H13NO5/c1-8(15)14-5-9-6-19-13-10(9)3-2-4-11(13)18-7-12(16)17/h2-4,6H,5,7H2,1H3,(H,14,15)(H,16,17).